The van der Waals surface area contributed by atoms with E-state index in [4.69, 9.17) is 0 Å². The lowest BCUT2D eigenvalue weighted by atomic mass is 10.2. The molecule has 0 aliphatic rings. The molecule has 0 aromatic heterocycles. The maximum Gasteiger partial charge on any atom is -0.0398 e. The first-order valence-corrected chi connectivity index (χ1v) is 2.82. The second kappa shape index (κ2) is 6.39. The molecule has 0 unspecified atom stereocenters. The molecule has 1 aromatic carbocycles. The second-order valence-electron chi connectivity index (χ2n) is 2.15. The van der Waals surface area contributed by atoms with E-state index < -0.39 is 0 Å². The predicted octanol–water partition coefficient (Wildman–Crippen LogP) is 3.54. The fourth-order valence-corrected chi connectivity index (χ4v) is 0.637. The van der Waals surface area contributed by atoms with Gasteiger partial charge in [-0.25, -0.2) is 0 Å². The topological polar surface area (TPSA) is 0 Å². The van der Waals surface area contributed by atoms with E-state index in [-0.39, 0.29) is 48.0 Å². The second-order valence-corrected chi connectivity index (χ2v) is 2.15. The zero-order chi connectivity index (χ0) is 5.98. The third-order valence-electron chi connectivity index (χ3n) is 1.22. The molecule has 58 valence electrons. The number of hydrogen-bond donors (Lipinski definition) is 0. The highest BCUT2D eigenvalue weighted by Crippen LogP contribution is 1.99. The molecule has 0 radical (unpaired) electrons. The molecule has 2 heteroatoms. The molecule has 0 fully saturated rings. The van der Waals surface area contributed by atoms with Crippen LogP contribution in [0.4, 0.5) is 0 Å². The van der Waals surface area contributed by atoms with Crippen LogP contribution in [0.2, 0.25) is 0 Å². The van der Waals surface area contributed by atoms with Crippen LogP contribution >= 0.6 is 48.0 Å². The molecular weight excluding hydrogens is 350 g/mol. The Hall–Kier alpha value is 0.680. The van der Waals surface area contributed by atoms with Crippen molar-refractivity contribution in [3.63, 3.8) is 0 Å². The fraction of sp³-hybridized carbons (Fsp3) is 0.250. The van der Waals surface area contributed by atoms with Crippen molar-refractivity contribution in [3.05, 3.63) is 35.4 Å². The first kappa shape index (κ1) is 13.3. The molecule has 0 saturated heterocycles. The van der Waals surface area contributed by atoms with Gasteiger partial charge in [-0.2, -0.15) is 0 Å². The van der Waals surface area contributed by atoms with E-state index in [1.165, 1.54) is 11.1 Å². The van der Waals surface area contributed by atoms with Crippen molar-refractivity contribution in [2.24, 2.45) is 0 Å². The van der Waals surface area contributed by atoms with Crippen LogP contribution in [-0.2, 0) is 0 Å². The highest BCUT2D eigenvalue weighted by Gasteiger charge is 1.79. The zero-order valence-electron chi connectivity index (χ0n) is 6.13. The Morgan fingerprint density at radius 3 is 1.10 bits per heavy atom. The van der Waals surface area contributed by atoms with Gasteiger partial charge in [-0.15, -0.1) is 48.0 Å². The molecule has 0 atom stereocenters. The zero-order valence-corrected chi connectivity index (χ0v) is 10.8. The van der Waals surface area contributed by atoms with Crippen LogP contribution in [0.3, 0.4) is 0 Å². The van der Waals surface area contributed by atoms with Gasteiger partial charge in [-0.3, -0.25) is 0 Å². The standard InChI is InChI=1S/C8H10.2HI/c1-7-3-5-8(2)6-4-7;;/h3-6H,1-2H3;2*1H. The van der Waals surface area contributed by atoms with Gasteiger partial charge in [0.05, 0.1) is 0 Å². The van der Waals surface area contributed by atoms with E-state index in [1.54, 1.807) is 0 Å². The quantitative estimate of drug-likeness (QED) is 0.620. The van der Waals surface area contributed by atoms with Crippen molar-refractivity contribution in [1.29, 1.82) is 0 Å². The molecule has 0 saturated carbocycles. The van der Waals surface area contributed by atoms with E-state index in [2.05, 4.69) is 38.1 Å². The summed E-state index contributed by atoms with van der Waals surface area (Å²) in [5.74, 6) is 0. The van der Waals surface area contributed by atoms with Crippen LogP contribution in [0.1, 0.15) is 11.1 Å². The van der Waals surface area contributed by atoms with Crippen molar-refractivity contribution in [3.8, 4) is 0 Å². The van der Waals surface area contributed by atoms with Gasteiger partial charge in [0.15, 0.2) is 0 Å². The smallest absolute Gasteiger partial charge is 0.0398 e. The van der Waals surface area contributed by atoms with Gasteiger partial charge in [0.2, 0.25) is 0 Å². The minimum absolute atomic E-state index is 0. The first-order chi connectivity index (χ1) is 3.79. The lowest BCUT2D eigenvalue weighted by molar-refractivity contribution is 1.40. The Balaban J connectivity index is 0. The van der Waals surface area contributed by atoms with Gasteiger partial charge >= 0.3 is 0 Å². The lowest BCUT2D eigenvalue weighted by Crippen LogP contribution is -1.70. The average Bonchev–Trinajstić information content (AvgIpc) is 1.77. The molecule has 0 spiro atoms. The summed E-state index contributed by atoms with van der Waals surface area (Å²) in [5, 5.41) is 0. The van der Waals surface area contributed by atoms with Crippen LogP contribution in [0.15, 0.2) is 24.3 Å². The predicted molar refractivity (Wildman–Crippen MR) is 66.7 cm³/mol. The molecule has 0 bridgehead atoms. The van der Waals surface area contributed by atoms with Crippen molar-refractivity contribution < 1.29 is 0 Å². The number of benzene rings is 1. The summed E-state index contributed by atoms with van der Waals surface area (Å²) in [6.45, 7) is 4.19. The third-order valence-corrected chi connectivity index (χ3v) is 1.22. The van der Waals surface area contributed by atoms with E-state index in [1.807, 2.05) is 0 Å². The first-order valence-electron chi connectivity index (χ1n) is 2.82. The van der Waals surface area contributed by atoms with Crippen LogP contribution in [0.25, 0.3) is 0 Å². The number of aryl methyl sites for hydroxylation is 2. The molecule has 1 aromatic rings. The van der Waals surface area contributed by atoms with Crippen molar-refractivity contribution >= 4 is 48.0 Å². The Morgan fingerprint density at radius 1 is 0.700 bits per heavy atom. The van der Waals surface area contributed by atoms with Gasteiger partial charge in [0, 0.05) is 0 Å². The largest absolute Gasteiger partial charge is 0.107 e. The monoisotopic (exact) mass is 362 g/mol. The van der Waals surface area contributed by atoms with Gasteiger partial charge in [-0.1, -0.05) is 35.4 Å². The maximum atomic E-state index is 2.12. The average molecular weight is 362 g/mol. The minimum atomic E-state index is 0. The summed E-state index contributed by atoms with van der Waals surface area (Å²) in [5.41, 5.74) is 2.66. The minimum Gasteiger partial charge on any atom is -0.107 e. The number of halogens is 2. The molecule has 0 aliphatic carbocycles. The van der Waals surface area contributed by atoms with Gasteiger partial charge in [0.25, 0.3) is 0 Å². The Bertz CT molecular complexity index is 146. The van der Waals surface area contributed by atoms with Crippen LogP contribution < -0.4 is 0 Å². The van der Waals surface area contributed by atoms with E-state index in [9.17, 15) is 0 Å². The van der Waals surface area contributed by atoms with Crippen LogP contribution in [-0.4, -0.2) is 0 Å². The summed E-state index contributed by atoms with van der Waals surface area (Å²) in [4.78, 5) is 0. The van der Waals surface area contributed by atoms with Gasteiger partial charge in [0.1, 0.15) is 0 Å². The number of hydrogen-bond acceptors (Lipinski definition) is 0. The molecular formula is C8H12I2. The Kier molecular flexibility index (Phi) is 8.49. The van der Waals surface area contributed by atoms with Gasteiger partial charge in [-0.05, 0) is 13.8 Å². The maximum absolute atomic E-state index is 2.12. The highest BCUT2D eigenvalue weighted by atomic mass is 127. The normalized spacial score (nSPS) is 7.40. The summed E-state index contributed by atoms with van der Waals surface area (Å²) in [6, 6.07) is 8.48. The summed E-state index contributed by atoms with van der Waals surface area (Å²) < 4.78 is 0. The SMILES string of the molecule is Cc1ccc(C)cc1.I.I. The number of rotatable bonds is 0. The molecule has 0 N–H and O–H groups in total. The molecule has 0 heterocycles. The molecule has 1 rings (SSSR count). The summed E-state index contributed by atoms with van der Waals surface area (Å²) >= 11 is 0. The summed E-state index contributed by atoms with van der Waals surface area (Å²) in [7, 11) is 0. The van der Waals surface area contributed by atoms with Crippen LogP contribution in [0.5, 0.6) is 0 Å². The third kappa shape index (κ3) is 4.49. The van der Waals surface area contributed by atoms with Crippen molar-refractivity contribution in [2.75, 3.05) is 0 Å². The Labute approximate surface area is 96.4 Å². The van der Waals surface area contributed by atoms with E-state index >= 15 is 0 Å². The van der Waals surface area contributed by atoms with Crippen molar-refractivity contribution in [1.82, 2.24) is 0 Å². The Morgan fingerprint density at radius 2 is 0.900 bits per heavy atom. The fourth-order valence-electron chi connectivity index (χ4n) is 0.637. The van der Waals surface area contributed by atoms with Crippen LogP contribution in [0, 0.1) is 13.8 Å². The molecule has 0 nitrogen and oxygen atoms in total. The lowest BCUT2D eigenvalue weighted by Gasteiger charge is -1.90. The molecule has 0 amide bonds. The summed E-state index contributed by atoms with van der Waals surface area (Å²) in [6.07, 6.45) is 0. The van der Waals surface area contributed by atoms with Crippen molar-refractivity contribution in [2.45, 2.75) is 13.8 Å². The van der Waals surface area contributed by atoms with E-state index in [0.29, 0.717) is 0 Å². The molecule has 0 aliphatic heterocycles. The molecule has 10 heavy (non-hydrogen) atoms. The van der Waals surface area contributed by atoms with Gasteiger partial charge < -0.3 is 0 Å². The highest BCUT2D eigenvalue weighted by molar-refractivity contribution is 14.0. The van der Waals surface area contributed by atoms with E-state index in [0.717, 1.165) is 0 Å².